The van der Waals surface area contributed by atoms with E-state index >= 15 is 0 Å². The van der Waals surface area contributed by atoms with Gasteiger partial charge < -0.3 is 5.32 Å². The fourth-order valence-corrected chi connectivity index (χ4v) is 2.42. The van der Waals surface area contributed by atoms with Gasteiger partial charge in [-0.1, -0.05) is 22.0 Å². The normalized spacial score (nSPS) is 12.4. The van der Waals surface area contributed by atoms with E-state index in [1.807, 2.05) is 25.2 Å². The zero-order valence-corrected chi connectivity index (χ0v) is 12.3. The second-order valence-corrected chi connectivity index (χ2v) is 5.30. The van der Waals surface area contributed by atoms with Crippen LogP contribution < -0.4 is 5.32 Å². The summed E-state index contributed by atoms with van der Waals surface area (Å²) in [6.07, 6.45) is 3.37. The van der Waals surface area contributed by atoms with E-state index in [9.17, 15) is 4.39 Å². The van der Waals surface area contributed by atoms with E-state index < -0.39 is 0 Å². The minimum atomic E-state index is -0.203. The lowest BCUT2D eigenvalue weighted by molar-refractivity contribution is 0.546. The lowest BCUT2D eigenvalue weighted by Crippen LogP contribution is -2.30. The Bertz CT molecular complexity index is 531. The van der Waals surface area contributed by atoms with Gasteiger partial charge in [0.05, 0.1) is 0 Å². The second kappa shape index (κ2) is 6.78. The molecule has 4 heteroatoms. The van der Waals surface area contributed by atoms with Gasteiger partial charge in [0.1, 0.15) is 5.82 Å². The Balaban J connectivity index is 2.09. The zero-order chi connectivity index (χ0) is 13.7. The lowest BCUT2D eigenvalue weighted by atomic mass is 10.0. The first-order valence-corrected chi connectivity index (χ1v) is 6.99. The number of rotatable bonds is 5. The first-order valence-electron chi connectivity index (χ1n) is 6.20. The highest BCUT2D eigenvalue weighted by Crippen LogP contribution is 2.20. The molecule has 1 N–H and O–H groups in total. The standard InChI is InChI=1S/C15H16BrFN2/c1-18-14(10-13-4-2-3-7-19-13)9-11-8-12(17)5-6-15(11)16/h2-8,14,18H,9-10H2,1H3. The molecule has 0 radical (unpaired) electrons. The molecule has 2 nitrogen and oxygen atoms in total. The summed E-state index contributed by atoms with van der Waals surface area (Å²) in [4.78, 5) is 4.32. The number of aromatic nitrogens is 1. The van der Waals surface area contributed by atoms with Crippen LogP contribution in [0.2, 0.25) is 0 Å². The molecule has 0 aliphatic carbocycles. The molecule has 2 aromatic rings. The van der Waals surface area contributed by atoms with Crippen molar-refractivity contribution in [2.24, 2.45) is 0 Å². The largest absolute Gasteiger partial charge is 0.316 e. The molecule has 0 fully saturated rings. The number of benzene rings is 1. The first-order chi connectivity index (χ1) is 9.19. The molecule has 0 saturated heterocycles. The van der Waals surface area contributed by atoms with Gasteiger partial charge in [0.2, 0.25) is 0 Å². The van der Waals surface area contributed by atoms with E-state index in [0.717, 1.165) is 28.6 Å². The lowest BCUT2D eigenvalue weighted by Gasteiger charge is -2.16. The van der Waals surface area contributed by atoms with Gasteiger partial charge in [-0.15, -0.1) is 0 Å². The van der Waals surface area contributed by atoms with Crippen molar-refractivity contribution >= 4 is 15.9 Å². The summed E-state index contributed by atoms with van der Waals surface area (Å²) in [6.45, 7) is 0. The Morgan fingerprint density at radius 2 is 2.11 bits per heavy atom. The van der Waals surface area contributed by atoms with Gasteiger partial charge in [-0.3, -0.25) is 4.98 Å². The minimum absolute atomic E-state index is 0.203. The molecule has 0 saturated carbocycles. The number of halogens is 2. The molecule has 0 bridgehead atoms. The van der Waals surface area contributed by atoms with Crippen LogP contribution in [0, 0.1) is 5.82 Å². The van der Waals surface area contributed by atoms with Crippen molar-refractivity contribution in [1.29, 1.82) is 0 Å². The fraction of sp³-hybridized carbons (Fsp3) is 0.267. The number of hydrogen-bond acceptors (Lipinski definition) is 2. The summed E-state index contributed by atoms with van der Waals surface area (Å²) < 4.78 is 14.2. The molecule has 1 aromatic heterocycles. The zero-order valence-electron chi connectivity index (χ0n) is 10.7. The van der Waals surface area contributed by atoms with Crippen LogP contribution >= 0.6 is 15.9 Å². The van der Waals surface area contributed by atoms with E-state index in [1.165, 1.54) is 6.07 Å². The highest BCUT2D eigenvalue weighted by molar-refractivity contribution is 9.10. The smallest absolute Gasteiger partial charge is 0.123 e. The molecular weight excluding hydrogens is 307 g/mol. The van der Waals surface area contributed by atoms with Gasteiger partial charge in [0.15, 0.2) is 0 Å². The van der Waals surface area contributed by atoms with E-state index in [1.54, 1.807) is 18.3 Å². The van der Waals surface area contributed by atoms with Crippen molar-refractivity contribution in [3.8, 4) is 0 Å². The van der Waals surface area contributed by atoms with Crippen LogP contribution in [-0.2, 0) is 12.8 Å². The average molecular weight is 323 g/mol. The quantitative estimate of drug-likeness (QED) is 0.913. The van der Waals surface area contributed by atoms with Crippen molar-refractivity contribution < 1.29 is 4.39 Å². The monoisotopic (exact) mass is 322 g/mol. The molecule has 1 unspecified atom stereocenters. The fourth-order valence-electron chi connectivity index (χ4n) is 2.01. The molecule has 1 heterocycles. The Hall–Kier alpha value is -1.26. The van der Waals surface area contributed by atoms with Crippen LogP contribution in [0.3, 0.4) is 0 Å². The van der Waals surface area contributed by atoms with Crippen molar-refractivity contribution in [2.75, 3.05) is 7.05 Å². The van der Waals surface area contributed by atoms with Crippen LogP contribution in [0.4, 0.5) is 4.39 Å². The number of pyridine rings is 1. The van der Waals surface area contributed by atoms with Crippen LogP contribution in [0.15, 0.2) is 47.1 Å². The van der Waals surface area contributed by atoms with Gasteiger partial charge in [0, 0.05) is 28.8 Å². The Morgan fingerprint density at radius 1 is 1.26 bits per heavy atom. The minimum Gasteiger partial charge on any atom is -0.316 e. The van der Waals surface area contributed by atoms with E-state index in [2.05, 4.69) is 26.2 Å². The molecule has 0 amide bonds. The summed E-state index contributed by atoms with van der Waals surface area (Å²) in [5, 5.41) is 3.26. The van der Waals surface area contributed by atoms with Crippen LogP contribution in [0.25, 0.3) is 0 Å². The van der Waals surface area contributed by atoms with Crippen LogP contribution in [0.5, 0.6) is 0 Å². The van der Waals surface area contributed by atoms with Crippen molar-refractivity contribution in [1.82, 2.24) is 10.3 Å². The first kappa shape index (κ1) is 14.2. The van der Waals surface area contributed by atoms with Gasteiger partial charge in [-0.05, 0) is 49.4 Å². The summed E-state index contributed by atoms with van der Waals surface area (Å²) in [5.74, 6) is -0.203. The van der Waals surface area contributed by atoms with E-state index in [-0.39, 0.29) is 11.9 Å². The van der Waals surface area contributed by atoms with Crippen LogP contribution in [0.1, 0.15) is 11.3 Å². The topological polar surface area (TPSA) is 24.9 Å². The Labute approximate surface area is 121 Å². The SMILES string of the molecule is CNC(Cc1ccccn1)Cc1cc(F)ccc1Br. The Morgan fingerprint density at radius 3 is 2.79 bits per heavy atom. The van der Waals surface area contributed by atoms with E-state index in [0.29, 0.717) is 0 Å². The molecule has 1 atom stereocenters. The molecule has 0 aliphatic rings. The van der Waals surface area contributed by atoms with Crippen molar-refractivity contribution in [3.05, 3.63) is 64.1 Å². The number of nitrogens with zero attached hydrogens (tertiary/aromatic N) is 1. The van der Waals surface area contributed by atoms with Gasteiger partial charge in [-0.2, -0.15) is 0 Å². The maximum absolute atomic E-state index is 13.3. The summed E-state index contributed by atoms with van der Waals surface area (Å²) in [7, 11) is 1.92. The molecule has 0 aliphatic heterocycles. The third-order valence-electron chi connectivity index (χ3n) is 3.06. The average Bonchev–Trinajstić information content (AvgIpc) is 2.43. The summed E-state index contributed by atoms with van der Waals surface area (Å²) >= 11 is 3.46. The molecule has 2 rings (SSSR count). The van der Waals surface area contributed by atoms with Gasteiger partial charge in [-0.25, -0.2) is 4.39 Å². The van der Waals surface area contributed by atoms with Crippen molar-refractivity contribution in [3.63, 3.8) is 0 Å². The molecule has 19 heavy (non-hydrogen) atoms. The third kappa shape index (κ3) is 4.11. The van der Waals surface area contributed by atoms with Gasteiger partial charge >= 0.3 is 0 Å². The highest BCUT2D eigenvalue weighted by Gasteiger charge is 2.11. The number of hydrogen-bond donors (Lipinski definition) is 1. The highest BCUT2D eigenvalue weighted by atomic mass is 79.9. The molecule has 0 spiro atoms. The summed E-state index contributed by atoms with van der Waals surface area (Å²) in [6, 6.07) is 10.9. The maximum atomic E-state index is 13.3. The second-order valence-electron chi connectivity index (χ2n) is 4.45. The maximum Gasteiger partial charge on any atom is 0.123 e. The molecule has 100 valence electrons. The van der Waals surface area contributed by atoms with Crippen LogP contribution in [-0.4, -0.2) is 18.1 Å². The Kier molecular flexibility index (Phi) is 5.05. The van der Waals surface area contributed by atoms with E-state index in [4.69, 9.17) is 0 Å². The van der Waals surface area contributed by atoms with Gasteiger partial charge in [0.25, 0.3) is 0 Å². The number of likely N-dealkylation sites (N-methyl/N-ethyl adjacent to an activating group) is 1. The third-order valence-corrected chi connectivity index (χ3v) is 3.84. The molecule has 1 aromatic carbocycles. The predicted octanol–water partition coefficient (Wildman–Crippen LogP) is 3.36. The van der Waals surface area contributed by atoms with Crippen molar-refractivity contribution in [2.45, 2.75) is 18.9 Å². The number of nitrogens with one attached hydrogen (secondary N) is 1. The predicted molar refractivity (Wildman–Crippen MR) is 78.6 cm³/mol. The molecular formula is C15H16BrFN2. The summed E-state index contributed by atoms with van der Waals surface area (Å²) in [5.41, 5.74) is 2.00.